The lowest BCUT2D eigenvalue weighted by Gasteiger charge is -2.39. The van der Waals surface area contributed by atoms with Crippen LogP contribution in [0.5, 0.6) is 11.5 Å². The molecule has 3 aliphatic rings. The first-order valence-corrected chi connectivity index (χ1v) is 16.1. The molecule has 0 N–H and O–H groups in total. The SMILES string of the molecule is COc1ccc2c3c(c4c(c2c1)OC(c1ccccc1)(c1ccc(N(C)C)cc1)C=C4)C1(CCCCCC1)c1ccccc1-3. The van der Waals surface area contributed by atoms with Crippen LogP contribution in [0.2, 0.25) is 0 Å². The molecule has 0 radical (unpaired) electrons. The summed E-state index contributed by atoms with van der Waals surface area (Å²) in [7, 11) is 5.91. The van der Waals surface area contributed by atoms with Crippen LogP contribution >= 0.6 is 0 Å². The van der Waals surface area contributed by atoms with Crippen molar-refractivity contribution in [2.75, 3.05) is 26.1 Å². The van der Waals surface area contributed by atoms with Crippen molar-refractivity contribution in [1.82, 2.24) is 0 Å². The number of anilines is 1. The molecule has 5 aromatic carbocycles. The minimum absolute atomic E-state index is 0.00552. The van der Waals surface area contributed by atoms with Gasteiger partial charge in [0.05, 0.1) is 7.11 Å². The van der Waals surface area contributed by atoms with Gasteiger partial charge in [0.1, 0.15) is 11.5 Å². The summed E-state index contributed by atoms with van der Waals surface area (Å²) >= 11 is 0. The zero-order chi connectivity index (χ0) is 29.9. The highest BCUT2D eigenvalue weighted by Gasteiger charge is 2.48. The van der Waals surface area contributed by atoms with Crippen LogP contribution < -0.4 is 14.4 Å². The Kier molecular flexibility index (Phi) is 6.34. The van der Waals surface area contributed by atoms with Crippen LogP contribution in [0.15, 0.2) is 103 Å². The second kappa shape index (κ2) is 10.3. The van der Waals surface area contributed by atoms with Crippen LogP contribution in [0.1, 0.15) is 66.3 Å². The van der Waals surface area contributed by atoms with Crippen molar-refractivity contribution >= 4 is 22.5 Å². The molecule has 1 fully saturated rings. The molecule has 3 heteroatoms. The van der Waals surface area contributed by atoms with Crippen molar-refractivity contribution in [3.05, 3.63) is 131 Å². The average molecular weight is 578 g/mol. The summed E-state index contributed by atoms with van der Waals surface area (Å²) in [6, 6.07) is 35.2. The van der Waals surface area contributed by atoms with Crippen LogP contribution in [-0.2, 0) is 11.0 Å². The molecule has 1 atom stereocenters. The summed E-state index contributed by atoms with van der Waals surface area (Å²) in [6.45, 7) is 0. The molecule has 2 aliphatic carbocycles. The van der Waals surface area contributed by atoms with Gasteiger partial charge < -0.3 is 14.4 Å². The Balaban J connectivity index is 1.45. The Hall–Kier alpha value is -4.50. The minimum atomic E-state index is -0.772. The van der Waals surface area contributed by atoms with Gasteiger partial charge in [-0.2, -0.15) is 0 Å². The maximum atomic E-state index is 7.54. The van der Waals surface area contributed by atoms with Gasteiger partial charge in [0.25, 0.3) is 0 Å². The molecule has 8 rings (SSSR count). The normalized spacial score (nSPS) is 19.5. The highest BCUT2D eigenvalue weighted by atomic mass is 16.5. The average Bonchev–Trinajstić information content (AvgIpc) is 3.18. The lowest BCUT2D eigenvalue weighted by atomic mass is 9.70. The van der Waals surface area contributed by atoms with Crippen LogP contribution in [0, 0.1) is 0 Å². The first kappa shape index (κ1) is 27.1. The van der Waals surface area contributed by atoms with E-state index in [0.29, 0.717) is 0 Å². The van der Waals surface area contributed by atoms with Crippen molar-refractivity contribution in [3.8, 4) is 22.6 Å². The van der Waals surface area contributed by atoms with E-state index < -0.39 is 5.60 Å². The number of hydrogen-bond acceptors (Lipinski definition) is 3. The van der Waals surface area contributed by atoms with Crippen molar-refractivity contribution in [2.45, 2.75) is 49.5 Å². The van der Waals surface area contributed by atoms with E-state index in [4.69, 9.17) is 9.47 Å². The van der Waals surface area contributed by atoms with Gasteiger partial charge in [-0.1, -0.05) is 98.5 Å². The third-order valence-corrected chi connectivity index (χ3v) is 10.4. The fourth-order valence-corrected chi connectivity index (χ4v) is 8.30. The highest BCUT2D eigenvalue weighted by molar-refractivity contribution is 6.09. The topological polar surface area (TPSA) is 21.7 Å². The molecule has 1 spiro atoms. The van der Waals surface area contributed by atoms with Gasteiger partial charge in [-0.3, -0.25) is 0 Å². The standard InChI is InChI=1S/C41H39NO2/c1-42(2)30-19-17-29(18-20-30)41(28-13-7-6-8-14-28)26-23-34-38-37(32-22-21-31(43-3)27-35(32)39(34)44-41)33-15-9-10-16-36(33)40(38)24-11-4-5-12-25-40/h6-10,13-23,26-27H,4-5,11-12,24-25H2,1-3H3. The first-order valence-electron chi connectivity index (χ1n) is 16.1. The van der Waals surface area contributed by atoms with E-state index in [0.717, 1.165) is 28.0 Å². The Labute approximate surface area is 260 Å². The van der Waals surface area contributed by atoms with E-state index in [1.165, 1.54) is 77.4 Å². The van der Waals surface area contributed by atoms with Gasteiger partial charge in [0.15, 0.2) is 5.60 Å². The third-order valence-electron chi connectivity index (χ3n) is 10.4. The molecule has 1 saturated carbocycles. The van der Waals surface area contributed by atoms with Crippen LogP contribution in [-0.4, -0.2) is 21.2 Å². The van der Waals surface area contributed by atoms with Gasteiger partial charge in [-0.25, -0.2) is 0 Å². The molecule has 3 nitrogen and oxygen atoms in total. The number of ether oxygens (including phenoxy) is 2. The molecule has 220 valence electrons. The predicted octanol–water partition coefficient (Wildman–Crippen LogP) is 9.88. The molecule has 0 amide bonds. The second-order valence-electron chi connectivity index (χ2n) is 12.9. The highest BCUT2D eigenvalue weighted by Crippen LogP contribution is 2.61. The van der Waals surface area contributed by atoms with Gasteiger partial charge >= 0.3 is 0 Å². The summed E-state index contributed by atoms with van der Waals surface area (Å²) in [6.07, 6.45) is 12.2. The van der Waals surface area contributed by atoms with E-state index in [2.05, 4.69) is 128 Å². The van der Waals surface area contributed by atoms with Crippen molar-refractivity contribution in [3.63, 3.8) is 0 Å². The third kappa shape index (κ3) is 3.88. The fraction of sp³-hybridized carbons (Fsp3) is 0.268. The molecule has 0 saturated heterocycles. The minimum Gasteiger partial charge on any atom is -0.497 e. The number of rotatable bonds is 4. The molecular weight excluding hydrogens is 538 g/mol. The lowest BCUT2D eigenvalue weighted by molar-refractivity contribution is 0.163. The molecule has 44 heavy (non-hydrogen) atoms. The van der Waals surface area contributed by atoms with E-state index in [1.807, 2.05) is 0 Å². The van der Waals surface area contributed by atoms with Crippen molar-refractivity contribution < 1.29 is 9.47 Å². The zero-order valence-electron chi connectivity index (χ0n) is 25.9. The zero-order valence-corrected chi connectivity index (χ0v) is 25.9. The van der Waals surface area contributed by atoms with Crippen LogP contribution in [0.3, 0.4) is 0 Å². The quantitative estimate of drug-likeness (QED) is 0.212. The van der Waals surface area contributed by atoms with E-state index in [1.54, 1.807) is 7.11 Å². The summed E-state index contributed by atoms with van der Waals surface area (Å²) < 4.78 is 13.3. The molecule has 5 aromatic rings. The van der Waals surface area contributed by atoms with Gasteiger partial charge in [0.2, 0.25) is 0 Å². The largest absolute Gasteiger partial charge is 0.497 e. The van der Waals surface area contributed by atoms with E-state index in [9.17, 15) is 0 Å². The summed E-state index contributed by atoms with van der Waals surface area (Å²) in [5.41, 5.74) is 9.57. The number of benzene rings is 5. The lowest BCUT2D eigenvalue weighted by Crippen LogP contribution is -2.35. The maximum absolute atomic E-state index is 7.54. The monoisotopic (exact) mass is 577 g/mol. The molecule has 1 heterocycles. The number of methoxy groups -OCH3 is 1. The van der Waals surface area contributed by atoms with Crippen LogP contribution in [0.4, 0.5) is 5.69 Å². The number of fused-ring (bicyclic) bond motifs is 10. The van der Waals surface area contributed by atoms with Gasteiger partial charge in [-0.05, 0) is 76.9 Å². The Morgan fingerprint density at radius 3 is 2.16 bits per heavy atom. The molecule has 1 unspecified atom stereocenters. The molecule has 0 bridgehead atoms. The van der Waals surface area contributed by atoms with E-state index in [-0.39, 0.29) is 5.41 Å². The van der Waals surface area contributed by atoms with Gasteiger partial charge in [0, 0.05) is 47.3 Å². The first-order chi connectivity index (χ1) is 21.6. The molecule has 1 aliphatic heterocycles. The molecule has 0 aromatic heterocycles. The second-order valence-corrected chi connectivity index (χ2v) is 12.9. The van der Waals surface area contributed by atoms with Crippen molar-refractivity contribution in [1.29, 1.82) is 0 Å². The van der Waals surface area contributed by atoms with E-state index >= 15 is 0 Å². The molecular formula is C41H39NO2. The number of hydrogen-bond donors (Lipinski definition) is 0. The maximum Gasteiger partial charge on any atom is 0.178 e. The fourth-order valence-electron chi connectivity index (χ4n) is 8.30. The summed E-state index contributed by atoms with van der Waals surface area (Å²) in [4.78, 5) is 2.14. The van der Waals surface area contributed by atoms with Gasteiger partial charge in [-0.15, -0.1) is 0 Å². The Morgan fingerprint density at radius 1 is 0.727 bits per heavy atom. The Morgan fingerprint density at radius 2 is 1.43 bits per heavy atom. The Bertz CT molecular complexity index is 1900. The van der Waals surface area contributed by atoms with Crippen LogP contribution in [0.25, 0.3) is 28.0 Å². The van der Waals surface area contributed by atoms with Crippen molar-refractivity contribution in [2.24, 2.45) is 0 Å². The summed E-state index contributed by atoms with van der Waals surface area (Å²) in [5.74, 6) is 1.80. The summed E-state index contributed by atoms with van der Waals surface area (Å²) in [5, 5.41) is 2.35. The smallest absolute Gasteiger partial charge is 0.178 e. The number of nitrogens with zero attached hydrogens (tertiary/aromatic N) is 1. The predicted molar refractivity (Wildman–Crippen MR) is 182 cm³/mol.